The van der Waals surface area contributed by atoms with Crippen LogP contribution in [0, 0.1) is 0 Å². The minimum absolute atomic E-state index is 0.137. The van der Waals surface area contributed by atoms with Crippen LogP contribution in [-0.2, 0) is 9.59 Å². The third kappa shape index (κ3) is 10.2. The fourth-order valence-corrected chi connectivity index (χ4v) is 5.57. The minimum atomic E-state index is -0.622. The number of aliphatic hydroxyl groups is 1. The Kier molecular flexibility index (Phi) is 14.3. The lowest BCUT2D eigenvalue weighted by atomic mass is 9.95. The van der Waals surface area contributed by atoms with E-state index in [4.69, 9.17) is 4.74 Å². The molecule has 222 valence electrons. The highest BCUT2D eigenvalue weighted by Gasteiger charge is 2.42. The lowest BCUT2D eigenvalue weighted by molar-refractivity contribution is -0.129. The number of hydrogen-bond donors (Lipinski definition) is 1. The van der Waals surface area contributed by atoms with Crippen molar-refractivity contribution in [2.24, 2.45) is 0 Å². The third-order valence-corrected chi connectivity index (χ3v) is 7.98. The number of ketones is 1. The number of unbranched alkanes of at least 4 members (excludes halogenated alkanes) is 13. The van der Waals surface area contributed by atoms with Gasteiger partial charge in [0, 0.05) is 6.54 Å². The molecule has 1 heterocycles. The SMILES string of the molecule is CCCCCCCCCCCCCCCCN1C(=O)C(O)=C(C(=O)/C=C/c2ccccc2)[C@H]1c1ccc(OC)cc1. The van der Waals surface area contributed by atoms with Crippen molar-refractivity contribution >= 4 is 17.8 Å². The van der Waals surface area contributed by atoms with E-state index < -0.39 is 17.7 Å². The molecule has 1 N–H and O–H groups in total. The molecule has 0 spiro atoms. The summed E-state index contributed by atoms with van der Waals surface area (Å²) in [6.07, 6.45) is 20.8. The second-order valence-corrected chi connectivity index (χ2v) is 11.1. The van der Waals surface area contributed by atoms with Gasteiger partial charge in [0.25, 0.3) is 5.91 Å². The molecule has 0 bridgehead atoms. The summed E-state index contributed by atoms with van der Waals surface area (Å²) in [4.78, 5) is 28.2. The average Bonchev–Trinajstić information content (AvgIpc) is 3.25. The molecule has 3 rings (SSSR count). The van der Waals surface area contributed by atoms with Crippen molar-refractivity contribution in [1.82, 2.24) is 4.90 Å². The molecule has 0 saturated heterocycles. The van der Waals surface area contributed by atoms with Crippen molar-refractivity contribution in [3.8, 4) is 5.75 Å². The number of allylic oxidation sites excluding steroid dienone is 1. The highest BCUT2D eigenvalue weighted by atomic mass is 16.5. The maximum Gasteiger partial charge on any atom is 0.290 e. The quantitative estimate of drug-likeness (QED) is 0.130. The molecule has 1 atom stereocenters. The highest BCUT2D eigenvalue weighted by Crippen LogP contribution is 2.38. The molecular formula is C36H49NO4. The summed E-state index contributed by atoms with van der Waals surface area (Å²) >= 11 is 0. The minimum Gasteiger partial charge on any atom is -0.503 e. The molecule has 1 amide bonds. The number of nitrogens with zero attached hydrogens (tertiary/aromatic N) is 1. The molecule has 0 radical (unpaired) electrons. The number of carbonyl (C=O) groups excluding carboxylic acids is 2. The van der Waals surface area contributed by atoms with Crippen molar-refractivity contribution in [3.05, 3.63) is 83.1 Å². The number of rotatable bonds is 20. The van der Waals surface area contributed by atoms with Crippen LogP contribution in [0.2, 0.25) is 0 Å². The van der Waals surface area contributed by atoms with E-state index >= 15 is 0 Å². The van der Waals surface area contributed by atoms with Gasteiger partial charge in [0.2, 0.25) is 0 Å². The van der Waals surface area contributed by atoms with Gasteiger partial charge < -0.3 is 14.7 Å². The molecule has 1 aliphatic heterocycles. The van der Waals surface area contributed by atoms with Gasteiger partial charge in [-0.2, -0.15) is 0 Å². The Balaban J connectivity index is 1.51. The van der Waals surface area contributed by atoms with Gasteiger partial charge in [0.05, 0.1) is 18.7 Å². The van der Waals surface area contributed by atoms with Crippen LogP contribution in [0.1, 0.15) is 114 Å². The van der Waals surface area contributed by atoms with Gasteiger partial charge in [0.1, 0.15) is 5.75 Å². The lowest BCUT2D eigenvalue weighted by Gasteiger charge is -2.26. The van der Waals surface area contributed by atoms with Gasteiger partial charge in [-0.25, -0.2) is 0 Å². The molecule has 2 aromatic carbocycles. The van der Waals surface area contributed by atoms with Crippen LogP contribution in [-0.4, -0.2) is 35.4 Å². The topological polar surface area (TPSA) is 66.8 Å². The second kappa shape index (κ2) is 18.2. The van der Waals surface area contributed by atoms with Crippen molar-refractivity contribution < 1.29 is 19.4 Å². The Hall–Kier alpha value is -3.34. The third-order valence-electron chi connectivity index (χ3n) is 7.98. The maximum atomic E-state index is 13.3. The summed E-state index contributed by atoms with van der Waals surface area (Å²) in [6, 6.07) is 16.3. The zero-order valence-electron chi connectivity index (χ0n) is 25.2. The van der Waals surface area contributed by atoms with E-state index in [-0.39, 0.29) is 11.4 Å². The van der Waals surface area contributed by atoms with Gasteiger partial charge in [0.15, 0.2) is 11.5 Å². The number of ether oxygens (including phenoxy) is 1. The number of carbonyl (C=O) groups is 2. The Labute approximate surface area is 247 Å². The average molecular weight is 560 g/mol. The van der Waals surface area contributed by atoms with Crippen molar-refractivity contribution in [1.29, 1.82) is 0 Å². The van der Waals surface area contributed by atoms with Crippen molar-refractivity contribution in [2.75, 3.05) is 13.7 Å². The maximum absolute atomic E-state index is 13.3. The first-order chi connectivity index (χ1) is 20.1. The van der Waals surface area contributed by atoms with Crippen LogP contribution in [0.25, 0.3) is 6.08 Å². The predicted octanol–water partition coefficient (Wildman–Crippen LogP) is 9.15. The molecule has 2 aromatic rings. The Morgan fingerprint density at radius 1 is 0.805 bits per heavy atom. The summed E-state index contributed by atoms with van der Waals surface area (Å²) < 4.78 is 5.30. The lowest BCUT2D eigenvalue weighted by Crippen LogP contribution is -2.32. The fourth-order valence-electron chi connectivity index (χ4n) is 5.57. The van der Waals surface area contributed by atoms with Gasteiger partial charge in [-0.15, -0.1) is 0 Å². The first-order valence-corrected chi connectivity index (χ1v) is 15.7. The predicted molar refractivity (Wildman–Crippen MR) is 168 cm³/mol. The van der Waals surface area contributed by atoms with Crippen molar-refractivity contribution in [2.45, 2.75) is 103 Å². The van der Waals surface area contributed by atoms with E-state index in [1.54, 1.807) is 18.1 Å². The number of methoxy groups -OCH3 is 1. The normalized spacial score (nSPS) is 15.3. The van der Waals surface area contributed by atoms with Crippen LogP contribution in [0.5, 0.6) is 5.75 Å². The number of aliphatic hydroxyl groups excluding tert-OH is 1. The van der Waals surface area contributed by atoms with E-state index in [0.29, 0.717) is 12.3 Å². The zero-order chi connectivity index (χ0) is 29.3. The first-order valence-electron chi connectivity index (χ1n) is 15.7. The van der Waals surface area contributed by atoms with Gasteiger partial charge in [-0.05, 0) is 35.8 Å². The molecule has 0 unspecified atom stereocenters. The van der Waals surface area contributed by atoms with Crippen LogP contribution < -0.4 is 4.74 Å². The summed E-state index contributed by atoms with van der Waals surface area (Å²) in [5.74, 6) is -0.582. The summed E-state index contributed by atoms with van der Waals surface area (Å²) in [5.41, 5.74) is 1.80. The molecule has 0 fully saturated rings. The molecule has 0 aliphatic carbocycles. The molecule has 5 nitrogen and oxygen atoms in total. The van der Waals surface area contributed by atoms with Gasteiger partial charge >= 0.3 is 0 Å². The monoisotopic (exact) mass is 559 g/mol. The highest BCUT2D eigenvalue weighted by molar-refractivity contribution is 6.14. The molecule has 0 saturated carbocycles. The molecular weight excluding hydrogens is 510 g/mol. The largest absolute Gasteiger partial charge is 0.503 e. The van der Waals surface area contributed by atoms with E-state index in [9.17, 15) is 14.7 Å². The second-order valence-electron chi connectivity index (χ2n) is 11.1. The first kappa shape index (κ1) is 32.2. The van der Waals surface area contributed by atoms with Gasteiger partial charge in [-0.1, -0.05) is 139 Å². The van der Waals surface area contributed by atoms with Crippen LogP contribution in [0.3, 0.4) is 0 Å². The Morgan fingerprint density at radius 2 is 1.34 bits per heavy atom. The molecule has 5 heteroatoms. The van der Waals surface area contributed by atoms with Crippen LogP contribution in [0.15, 0.2) is 72.0 Å². The van der Waals surface area contributed by atoms with E-state index in [1.165, 1.54) is 76.7 Å². The summed E-state index contributed by atoms with van der Waals surface area (Å²) in [6.45, 7) is 2.76. The zero-order valence-corrected chi connectivity index (χ0v) is 25.2. The van der Waals surface area contributed by atoms with Crippen LogP contribution >= 0.6 is 0 Å². The molecule has 0 aromatic heterocycles. The standard InChI is InChI=1S/C36H49NO4/c1-3-4-5-6-7-8-9-10-11-12-13-14-15-19-28-37-34(30-23-25-31(41-2)26-24-30)33(35(39)36(37)40)32(38)27-22-29-20-17-16-18-21-29/h16-18,20-27,34,39H,3-15,19,28H2,1-2H3/b27-22+/t34-/m1/s1. The smallest absolute Gasteiger partial charge is 0.290 e. The molecule has 41 heavy (non-hydrogen) atoms. The van der Waals surface area contributed by atoms with E-state index in [2.05, 4.69) is 6.92 Å². The van der Waals surface area contributed by atoms with Crippen molar-refractivity contribution in [3.63, 3.8) is 0 Å². The number of hydrogen-bond acceptors (Lipinski definition) is 4. The number of amides is 1. The van der Waals surface area contributed by atoms with E-state index in [0.717, 1.165) is 30.4 Å². The van der Waals surface area contributed by atoms with Gasteiger partial charge in [-0.3, -0.25) is 9.59 Å². The Morgan fingerprint density at radius 3 is 1.88 bits per heavy atom. The summed E-state index contributed by atoms with van der Waals surface area (Å²) in [5, 5.41) is 10.9. The molecule has 1 aliphatic rings. The van der Waals surface area contributed by atoms with Crippen LogP contribution in [0.4, 0.5) is 0 Å². The summed E-state index contributed by atoms with van der Waals surface area (Å²) in [7, 11) is 1.60. The Bertz CT molecular complexity index is 1120. The fraction of sp³-hybridized carbons (Fsp3) is 0.500. The number of benzene rings is 2. The van der Waals surface area contributed by atoms with E-state index in [1.807, 2.05) is 54.6 Å².